The summed E-state index contributed by atoms with van der Waals surface area (Å²) in [6.07, 6.45) is 6.72. The first-order chi connectivity index (χ1) is 17.9. The first-order valence-electron chi connectivity index (χ1n) is 12.4. The normalized spacial score (nSPS) is 14.2. The molecule has 2 heterocycles. The Balaban J connectivity index is 1.56. The lowest BCUT2D eigenvalue weighted by atomic mass is 9.93. The average Bonchev–Trinajstić information content (AvgIpc) is 3.28. The van der Waals surface area contributed by atoms with Crippen molar-refractivity contribution in [2.24, 2.45) is 0 Å². The number of nitrogens with zero attached hydrogens (tertiary/aromatic N) is 2. The van der Waals surface area contributed by atoms with E-state index in [2.05, 4.69) is 4.98 Å². The lowest BCUT2D eigenvalue weighted by Gasteiger charge is -2.35. The van der Waals surface area contributed by atoms with Crippen molar-refractivity contribution in [2.75, 3.05) is 12.8 Å². The average molecular weight is 522 g/mol. The number of nitrogens with two attached hydrogens (primary N) is 1. The van der Waals surface area contributed by atoms with Crippen molar-refractivity contribution in [2.45, 2.75) is 51.6 Å². The van der Waals surface area contributed by atoms with E-state index in [1.807, 2.05) is 29.2 Å². The van der Waals surface area contributed by atoms with Gasteiger partial charge in [0.2, 0.25) is 0 Å². The highest BCUT2D eigenvalue weighted by atomic mass is 32.1. The fourth-order valence-electron chi connectivity index (χ4n) is 5.21. The summed E-state index contributed by atoms with van der Waals surface area (Å²) < 4.78 is 35.0. The molecule has 1 aliphatic carbocycles. The third kappa shape index (κ3) is 4.90. The van der Waals surface area contributed by atoms with E-state index in [1.54, 1.807) is 26.3 Å². The Morgan fingerprint density at radius 3 is 2.49 bits per heavy atom. The van der Waals surface area contributed by atoms with Crippen molar-refractivity contribution in [3.8, 4) is 16.9 Å². The van der Waals surface area contributed by atoms with Gasteiger partial charge < -0.3 is 15.4 Å². The number of aromatic nitrogens is 1. The predicted octanol–water partition coefficient (Wildman–Crippen LogP) is 7.12. The summed E-state index contributed by atoms with van der Waals surface area (Å²) in [4.78, 5) is 20.5. The van der Waals surface area contributed by atoms with E-state index in [-0.39, 0.29) is 22.0 Å². The van der Waals surface area contributed by atoms with Crippen molar-refractivity contribution >= 4 is 33.1 Å². The second-order valence-electron chi connectivity index (χ2n) is 9.51. The van der Waals surface area contributed by atoms with Crippen LogP contribution in [0.15, 0.2) is 48.7 Å². The van der Waals surface area contributed by atoms with Crippen LogP contribution in [-0.4, -0.2) is 28.9 Å². The van der Waals surface area contributed by atoms with E-state index in [4.69, 9.17) is 10.5 Å². The summed E-state index contributed by atoms with van der Waals surface area (Å²) in [6.45, 7) is 2.02. The van der Waals surface area contributed by atoms with E-state index in [9.17, 15) is 13.6 Å². The fraction of sp³-hybridized carbons (Fsp3) is 0.310. The van der Waals surface area contributed by atoms with Crippen LogP contribution in [0, 0.1) is 18.6 Å². The number of carbonyl (C=O) groups is 1. The largest absolute Gasteiger partial charge is 0.496 e. The Labute approximate surface area is 218 Å². The molecule has 2 N–H and O–H groups in total. The van der Waals surface area contributed by atoms with Crippen LogP contribution in [0.3, 0.4) is 0 Å². The number of benzene rings is 2. The number of hydrogen-bond acceptors (Lipinski definition) is 5. The molecule has 8 heteroatoms. The van der Waals surface area contributed by atoms with Gasteiger partial charge in [0.05, 0.1) is 16.7 Å². The van der Waals surface area contributed by atoms with Crippen LogP contribution < -0.4 is 10.5 Å². The summed E-state index contributed by atoms with van der Waals surface area (Å²) in [6, 6.07) is 11.8. The molecule has 192 valence electrons. The first-order valence-corrected chi connectivity index (χ1v) is 13.3. The van der Waals surface area contributed by atoms with Gasteiger partial charge in [-0.2, -0.15) is 0 Å². The number of fused-ring (bicyclic) bond motifs is 1. The topological polar surface area (TPSA) is 68.5 Å². The van der Waals surface area contributed by atoms with Crippen LogP contribution in [0.5, 0.6) is 5.75 Å². The molecular formula is C29H29F2N3O2S. The van der Waals surface area contributed by atoms with Gasteiger partial charge in [-0.1, -0.05) is 25.3 Å². The Morgan fingerprint density at radius 1 is 1.08 bits per heavy atom. The van der Waals surface area contributed by atoms with Gasteiger partial charge in [-0.3, -0.25) is 4.79 Å². The number of rotatable bonds is 6. The Kier molecular flexibility index (Phi) is 7.11. The van der Waals surface area contributed by atoms with Gasteiger partial charge in [-0.15, -0.1) is 11.3 Å². The summed E-state index contributed by atoms with van der Waals surface area (Å²) in [7, 11) is 1.61. The molecule has 0 saturated heterocycles. The lowest BCUT2D eigenvalue weighted by molar-refractivity contribution is 0.0617. The molecule has 4 aromatic rings. The van der Waals surface area contributed by atoms with E-state index >= 15 is 0 Å². The van der Waals surface area contributed by atoms with Gasteiger partial charge in [0.1, 0.15) is 23.2 Å². The van der Waals surface area contributed by atoms with Gasteiger partial charge >= 0.3 is 0 Å². The molecule has 5 rings (SSSR count). The quantitative estimate of drug-likeness (QED) is 0.293. The van der Waals surface area contributed by atoms with Gasteiger partial charge in [0.15, 0.2) is 0 Å². The van der Waals surface area contributed by atoms with Crippen LogP contribution in [0.1, 0.15) is 52.9 Å². The van der Waals surface area contributed by atoms with E-state index in [1.165, 1.54) is 0 Å². The molecule has 0 spiro atoms. The van der Waals surface area contributed by atoms with Crippen LogP contribution in [0.2, 0.25) is 0 Å². The van der Waals surface area contributed by atoms with Crippen molar-refractivity contribution in [1.29, 1.82) is 0 Å². The Bertz CT molecular complexity index is 1450. The molecule has 0 unspecified atom stereocenters. The van der Waals surface area contributed by atoms with Crippen LogP contribution in [-0.2, 0) is 6.54 Å². The number of pyridine rings is 1. The minimum Gasteiger partial charge on any atom is -0.496 e. The standard InChI is InChI=1S/C29H29F2N3O2S/c1-17-26-22(30)10-11-23(31)28(26)37-27(17)29(35)34(21-6-4-3-5-7-21)16-20-14-18(8-12-24(20)36-2)19-9-13-25(32)33-15-19/h8-15,21H,3-7,16H2,1-2H3,(H2,32,33). The van der Waals surface area contributed by atoms with Crippen LogP contribution >= 0.6 is 11.3 Å². The van der Waals surface area contributed by atoms with Crippen molar-refractivity contribution in [1.82, 2.24) is 9.88 Å². The molecular weight excluding hydrogens is 492 g/mol. The molecule has 2 aromatic carbocycles. The van der Waals surface area contributed by atoms with Gasteiger partial charge in [0.25, 0.3) is 5.91 Å². The molecule has 5 nitrogen and oxygen atoms in total. The smallest absolute Gasteiger partial charge is 0.264 e. The highest BCUT2D eigenvalue weighted by molar-refractivity contribution is 7.21. The van der Waals surface area contributed by atoms with Crippen molar-refractivity contribution in [3.63, 3.8) is 0 Å². The minimum absolute atomic E-state index is 0.0344. The van der Waals surface area contributed by atoms with Gasteiger partial charge in [-0.05, 0) is 67.3 Å². The maximum Gasteiger partial charge on any atom is 0.264 e. The molecule has 1 fully saturated rings. The molecule has 1 saturated carbocycles. The van der Waals surface area contributed by atoms with Crippen molar-refractivity contribution in [3.05, 3.63) is 76.3 Å². The number of ether oxygens (including phenoxy) is 1. The molecule has 1 amide bonds. The second-order valence-corrected chi connectivity index (χ2v) is 10.5. The third-order valence-electron chi connectivity index (χ3n) is 7.19. The highest BCUT2D eigenvalue weighted by Gasteiger charge is 2.31. The van der Waals surface area contributed by atoms with Crippen LogP contribution in [0.4, 0.5) is 14.6 Å². The fourth-order valence-corrected chi connectivity index (χ4v) is 6.39. The molecule has 2 aromatic heterocycles. The number of amides is 1. The zero-order chi connectivity index (χ0) is 26.1. The Morgan fingerprint density at radius 2 is 1.81 bits per heavy atom. The number of nitrogen functional groups attached to an aromatic ring is 1. The van der Waals surface area contributed by atoms with Gasteiger partial charge in [0, 0.05) is 35.3 Å². The number of carbonyl (C=O) groups excluding carboxylic acids is 1. The molecule has 0 radical (unpaired) electrons. The monoisotopic (exact) mass is 521 g/mol. The Hall–Kier alpha value is -3.52. The van der Waals surface area contributed by atoms with E-state index < -0.39 is 11.6 Å². The van der Waals surface area contributed by atoms with Crippen LogP contribution in [0.25, 0.3) is 21.2 Å². The molecule has 0 atom stereocenters. The van der Waals surface area contributed by atoms with Gasteiger partial charge in [-0.25, -0.2) is 13.8 Å². The molecule has 0 aliphatic heterocycles. The SMILES string of the molecule is COc1ccc(-c2ccc(N)nc2)cc1CN(C(=O)c1sc2c(F)ccc(F)c2c1C)C1CCCCC1. The van der Waals surface area contributed by atoms with Crippen molar-refractivity contribution < 1.29 is 18.3 Å². The molecule has 1 aliphatic rings. The summed E-state index contributed by atoms with van der Waals surface area (Å²) in [5, 5.41) is 0.187. The molecule has 37 heavy (non-hydrogen) atoms. The van der Waals surface area contributed by atoms with E-state index in [0.29, 0.717) is 28.6 Å². The maximum atomic E-state index is 14.6. The number of hydrogen-bond donors (Lipinski definition) is 1. The number of thiophene rings is 1. The zero-order valence-electron chi connectivity index (χ0n) is 20.9. The summed E-state index contributed by atoms with van der Waals surface area (Å²) in [5.74, 6) is -0.116. The molecule has 0 bridgehead atoms. The van der Waals surface area contributed by atoms with E-state index in [0.717, 1.165) is 72.3 Å². The lowest BCUT2D eigenvalue weighted by Crippen LogP contribution is -2.41. The number of aryl methyl sites for hydroxylation is 1. The second kappa shape index (κ2) is 10.5. The third-order valence-corrected chi connectivity index (χ3v) is 8.48. The minimum atomic E-state index is -0.515. The predicted molar refractivity (Wildman–Crippen MR) is 144 cm³/mol. The zero-order valence-corrected chi connectivity index (χ0v) is 21.7. The number of methoxy groups -OCH3 is 1. The summed E-state index contributed by atoms with van der Waals surface area (Å²) in [5.41, 5.74) is 8.93. The number of halogens is 2. The maximum absolute atomic E-state index is 14.6. The summed E-state index contributed by atoms with van der Waals surface area (Å²) >= 11 is 1.03. The number of anilines is 1. The first kappa shape index (κ1) is 25.1. The highest BCUT2D eigenvalue weighted by Crippen LogP contribution is 2.37.